The smallest absolute Gasteiger partial charge is 0.266 e. The van der Waals surface area contributed by atoms with Gasteiger partial charge in [-0.25, -0.2) is 5.43 Å². The van der Waals surface area contributed by atoms with Gasteiger partial charge < -0.3 is 0 Å². The molecule has 3 aromatic rings. The van der Waals surface area contributed by atoms with Crippen molar-refractivity contribution in [2.75, 3.05) is 0 Å². The Labute approximate surface area is 176 Å². The number of benzene rings is 2. The van der Waals surface area contributed by atoms with Gasteiger partial charge in [0.05, 0.1) is 22.2 Å². The average molecular weight is 507 g/mol. The lowest BCUT2D eigenvalue weighted by Gasteiger charge is -2.01. The minimum Gasteiger partial charge on any atom is -0.266 e. The predicted octanol–water partition coefficient (Wildman–Crippen LogP) is 4.13. The zero-order valence-corrected chi connectivity index (χ0v) is 17.4. The second kappa shape index (κ2) is 8.89. The van der Waals surface area contributed by atoms with E-state index >= 15 is 0 Å². The van der Waals surface area contributed by atoms with E-state index in [0.717, 1.165) is 15.6 Å². The standard InChI is InChI=1S/C18H13Br2N5O3/c19-14-5-1-12(2-6-14)9-21-22-18(26)17-16(20)11-24(23-17)10-13-3-7-15(8-4-13)25(27)28/h1-9,11H,10H2,(H,22,26)/b21-9+. The van der Waals surface area contributed by atoms with Gasteiger partial charge in [0.25, 0.3) is 11.6 Å². The Balaban J connectivity index is 1.64. The summed E-state index contributed by atoms with van der Waals surface area (Å²) in [6.07, 6.45) is 3.20. The number of nitrogens with one attached hydrogen (secondary N) is 1. The van der Waals surface area contributed by atoms with Crippen molar-refractivity contribution < 1.29 is 9.72 Å². The second-order valence-electron chi connectivity index (χ2n) is 5.70. The van der Waals surface area contributed by atoms with Crippen LogP contribution >= 0.6 is 31.9 Å². The molecule has 0 saturated heterocycles. The van der Waals surface area contributed by atoms with Crippen LogP contribution in [0.3, 0.4) is 0 Å². The van der Waals surface area contributed by atoms with Crippen molar-refractivity contribution in [2.24, 2.45) is 5.10 Å². The summed E-state index contributed by atoms with van der Waals surface area (Å²) in [4.78, 5) is 22.5. The highest BCUT2D eigenvalue weighted by molar-refractivity contribution is 9.10. The fourth-order valence-corrected chi connectivity index (χ4v) is 3.07. The first-order chi connectivity index (χ1) is 13.4. The Morgan fingerprint density at radius 2 is 1.86 bits per heavy atom. The van der Waals surface area contributed by atoms with Gasteiger partial charge in [0.1, 0.15) is 0 Å². The van der Waals surface area contributed by atoms with Crippen LogP contribution in [0.4, 0.5) is 5.69 Å². The number of hydrogen-bond donors (Lipinski definition) is 1. The predicted molar refractivity (Wildman–Crippen MR) is 111 cm³/mol. The van der Waals surface area contributed by atoms with Gasteiger partial charge in [0, 0.05) is 22.8 Å². The fraction of sp³-hybridized carbons (Fsp3) is 0.0556. The Hall–Kier alpha value is -2.85. The van der Waals surface area contributed by atoms with Crippen molar-refractivity contribution in [3.8, 4) is 0 Å². The number of hydrazone groups is 1. The molecule has 0 atom stereocenters. The quantitative estimate of drug-likeness (QED) is 0.308. The van der Waals surface area contributed by atoms with Gasteiger partial charge in [-0.15, -0.1) is 0 Å². The van der Waals surface area contributed by atoms with Gasteiger partial charge in [-0.05, 0) is 39.2 Å². The van der Waals surface area contributed by atoms with Crippen LogP contribution in [0, 0.1) is 10.1 Å². The van der Waals surface area contributed by atoms with Gasteiger partial charge in [0.2, 0.25) is 0 Å². The fourth-order valence-electron chi connectivity index (χ4n) is 2.31. The lowest BCUT2D eigenvalue weighted by atomic mass is 10.2. The van der Waals surface area contributed by atoms with Gasteiger partial charge >= 0.3 is 0 Å². The first-order valence-electron chi connectivity index (χ1n) is 7.97. The van der Waals surface area contributed by atoms with Gasteiger partial charge in [-0.2, -0.15) is 10.2 Å². The number of halogens is 2. The molecule has 0 aliphatic carbocycles. The summed E-state index contributed by atoms with van der Waals surface area (Å²) in [5.41, 5.74) is 4.31. The van der Waals surface area contributed by atoms with Crippen LogP contribution in [-0.4, -0.2) is 26.8 Å². The summed E-state index contributed by atoms with van der Waals surface area (Å²) < 4.78 is 3.04. The van der Waals surface area contributed by atoms with E-state index in [-0.39, 0.29) is 11.4 Å². The van der Waals surface area contributed by atoms with Crippen LogP contribution in [-0.2, 0) is 6.54 Å². The first-order valence-corrected chi connectivity index (χ1v) is 9.56. The number of rotatable bonds is 6. The Morgan fingerprint density at radius 1 is 1.18 bits per heavy atom. The third kappa shape index (κ3) is 5.11. The molecule has 142 valence electrons. The van der Waals surface area contributed by atoms with E-state index in [0.29, 0.717) is 11.0 Å². The van der Waals surface area contributed by atoms with Crippen LogP contribution in [0.5, 0.6) is 0 Å². The minimum atomic E-state index is -0.456. The third-order valence-electron chi connectivity index (χ3n) is 3.67. The summed E-state index contributed by atoms with van der Waals surface area (Å²) >= 11 is 6.67. The highest BCUT2D eigenvalue weighted by Gasteiger charge is 2.15. The average Bonchev–Trinajstić information content (AvgIpc) is 3.04. The number of amides is 1. The van der Waals surface area contributed by atoms with Crippen molar-refractivity contribution in [1.29, 1.82) is 0 Å². The lowest BCUT2D eigenvalue weighted by molar-refractivity contribution is -0.384. The van der Waals surface area contributed by atoms with E-state index in [4.69, 9.17) is 0 Å². The van der Waals surface area contributed by atoms with Crippen LogP contribution in [0.1, 0.15) is 21.6 Å². The zero-order chi connectivity index (χ0) is 20.1. The molecule has 1 N–H and O–H groups in total. The molecule has 8 nitrogen and oxygen atoms in total. The first kappa shape index (κ1) is 19.9. The van der Waals surface area contributed by atoms with Crippen molar-refractivity contribution in [2.45, 2.75) is 6.54 Å². The summed E-state index contributed by atoms with van der Waals surface area (Å²) in [7, 11) is 0. The van der Waals surface area contributed by atoms with E-state index in [1.807, 2.05) is 24.3 Å². The Morgan fingerprint density at radius 3 is 2.50 bits per heavy atom. The number of non-ortho nitro benzene ring substituents is 1. The van der Waals surface area contributed by atoms with Crippen molar-refractivity contribution in [1.82, 2.24) is 15.2 Å². The lowest BCUT2D eigenvalue weighted by Crippen LogP contribution is -2.19. The van der Waals surface area contributed by atoms with E-state index < -0.39 is 10.8 Å². The summed E-state index contributed by atoms with van der Waals surface area (Å²) in [5, 5.41) is 18.9. The number of nitrogens with zero attached hydrogens (tertiary/aromatic N) is 4. The number of nitro groups is 1. The molecule has 1 aromatic heterocycles. The summed E-state index contributed by atoms with van der Waals surface area (Å²) in [5.74, 6) is -0.456. The van der Waals surface area contributed by atoms with E-state index in [2.05, 4.69) is 47.5 Å². The molecule has 1 heterocycles. The van der Waals surface area contributed by atoms with Crippen molar-refractivity contribution in [3.05, 3.63) is 90.6 Å². The van der Waals surface area contributed by atoms with Crippen LogP contribution in [0.2, 0.25) is 0 Å². The van der Waals surface area contributed by atoms with E-state index in [9.17, 15) is 14.9 Å². The van der Waals surface area contributed by atoms with Crippen molar-refractivity contribution >= 4 is 49.7 Å². The van der Waals surface area contributed by atoms with Crippen LogP contribution in [0.15, 0.2) is 68.8 Å². The van der Waals surface area contributed by atoms with Crippen molar-refractivity contribution in [3.63, 3.8) is 0 Å². The summed E-state index contributed by atoms with van der Waals surface area (Å²) in [6.45, 7) is 0.367. The van der Waals surface area contributed by atoms with Gasteiger partial charge in [-0.3, -0.25) is 19.6 Å². The molecule has 3 rings (SSSR count). The molecule has 1 amide bonds. The second-order valence-corrected chi connectivity index (χ2v) is 7.47. The highest BCUT2D eigenvalue weighted by atomic mass is 79.9. The maximum atomic E-state index is 12.3. The normalized spacial score (nSPS) is 10.9. The number of nitro benzene ring substituents is 1. The zero-order valence-electron chi connectivity index (χ0n) is 14.3. The van der Waals surface area contributed by atoms with E-state index in [1.54, 1.807) is 23.0 Å². The molecule has 0 aliphatic rings. The van der Waals surface area contributed by atoms with Gasteiger partial charge in [-0.1, -0.05) is 40.2 Å². The Bertz CT molecular complexity index is 1030. The molecule has 0 aliphatic heterocycles. The number of carbonyl (C=O) groups is 1. The largest absolute Gasteiger partial charge is 0.293 e. The van der Waals surface area contributed by atoms with Gasteiger partial charge in [0.15, 0.2) is 5.69 Å². The molecular formula is C18H13Br2N5O3. The molecule has 28 heavy (non-hydrogen) atoms. The van der Waals surface area contributed by atoms with Crippen LogP contribution in [0.25, 0.3) is 0 Å². The maximum absolute atomic E-state index is 12.3. The molecular weight excluding hydrogens is 494 g/mol. The minimum absolute atomic E-state index is 0.0223. The molecule has 2 aromatic carbocycles. The highest BCUT2D eigenvalue weighted by Crippen LogP contribution is 2.17. The molecule has 0 unspecified atom stereocenters. The Kier molecular flexibility index (Phi) is 6.32. The topological polar surface area (TPSA) is 102 Å². The number of carbonyl (C=O) groups excluding carboxylic acids is 1. The van der Waals surface area contributed by atoms with E-state index in [1.165, 1.54) is 18.3 Å². The number of aromatic nitrogens is 2. The SMILES string of the molecule is O=C(N/N=C/c1ccc(Br)cc1)c1nn(Cc2ccc([N+](=O)[O-])cc2)cc1Br. The molecule has 0 fully saturated rings. The third-order valence-corrected chi connectivity index (χ3v) is 4.78. The molecule has 0 bridgehead atoms. The molecule has 0 radical (unpaired) electrons. The molecule has 10 heteroatoms. The molecule has 0 saturated carbocycles. The summed E-state index contributed by atoms with van der Waals surface area (Å²) in [6, 6.07) is 13.6. The maximum Gasteiger partial charge on any atom is 0.293 e. The molecule has 0 spiro atoms. The number of hydrogen-bond acceptors (Lipinski definition) is 5. The van der Waals surface area contributed by atoms with Crippen LogP contribution < -0.4 is 5.43 Å². The monoisotopic (exact) mass is 505 g/mol.